The van der Waals surface area contributed by atoms with Gasteiger partial charge in [0.05, 0.1) is 16.6 Å². The van der Waals surface area contributed by atoms with Crippen molar-refractivity contribution in [3.05, 3.63) is 47.7 Å². The van der Waals surface area contributed by atoms with Gasteiger partial charge in [-0.3, -0.25) is 0 Å². The summed E-state index contributed by atoms with van der Waals surface area (Å²) < 4.78 is 26.9. The van der Waals surface area contributed by atoms with E-state index in [4.69, 9.17) is 5.11 Å². The summed E-state index contributed by atoms with van der Waals surface area (Å²) in [5.74, 6) is -3.05. The Hall–Kier alpha value is -2.83. The second-order valence-corrected chi connectivity index (χ2v) is 4.09. The van der Waals surface area contributed by atoms with E-state index in [0.717, 1.165) is 12.3 Å². The van der Waals surface area contributed by atoms with Crippen molar-refractivity contribution < 1.29 is 18.7 Å². The van der Waals surface area contributed by atoms with Gasteiger partial charge in [0.15, 0.2) is 17.3 Å². The molecule has 7 heteroatoms. The Morgan fingerprint density at radius 1 is 1.30 bits per heavy atom. The van der Waals surface area contributed by atoms with E-state index in [1.165, 1.54) is 18.2 Å². The van der Waals surface area contributed by atoms with Crippen molar-refractivity contribution in [2.75, 3.05) is 0 Å². The number of halogens is 2. The maximum atomic E-state index is 13.7. The molecule has 0 amide bonds. The van der Waals surface area contributed by atoms with Gasteiger partial charge in [-0.05, 0) is 18.2 Å². The van der Waals surface area contributed by atoms with E-state index >= 15 is 0 Å². The Bertz CT molecular complexity index is 830. The highest BCUT2D eigenvalue weighted by atomic mass is 19.2. The van der Waals surface area contributed by atoms with Gasteiger partial charge in [-0.25, -0.2) is 23.5 Å². The Labute approximate surface area is 110 Å². The van der Waals surface area contributed by atoms with Crippen molar-refractivity contribution in [3.8, 4) is 11.4 Å². The molecule has 0 saturated heterocycles. The number of carboxylic acid groups (broad SMARTS) is 1. The van der Waals surface area contributed by atoms with Crippen molar-refractivity contribution in [2.45, 2.75) is 0 Å². The largest absolute Gasteiger partial charge is 0.478 e. The zero-order valence-corrected chi connectivity index (χ0v) is 9.89. The van der Waals surface area contributed by atoms with E-state index < -0.39 is 17.6 Å². The van der Waals surface area contributed by atoms with Crippen molar-refractivity contribution in [1.82, 2.24) is 15.0 Å². The number of fused-ring (bicyclic) bond motifs is 1. The number of hydrogen-bond donors (Lipinski definition) is 2. The number of pyridine rings is 1. The molecule has 3 rings (SSSR count). The zero-order valence-electron chi connectivity index (χ0n) is 9.89. The van der Waals surface area contributed by atoms with Crippen LogP contribution in [0.3, 0.4) is 0 Å². The molecule has 2 heterocycles. The lowest BCUT2D eigenvalue weighted by atomic mass is 10.2. The predicted molar refractivity (Wildman–Crippen MR) is 66.2 cm³/mol. The van der Waals surface area contributed by atoms with E-state index in [1.54, 1.807) is 0 Å². The molecule has 20 heavy (non-hydrogen) atoms. The standard InChI is InChI=1S/C13H7F2N3O2/c14-8-3-1-2-7(10(8)15)11-17-9-4-6(13(19)20)5-16-12(9)18-11/h1-5H,(H,19,20)(H,16,17,18). The maximum Gasteiger partial charge on any atom is 0.337 e. The van der Waals surface area contributed by atoms with E-state index in [0.29, 0.717) is 5.52 Å². The summed E-state index contributed by atoms with van der Waals surface area (Å²) in [5.41, 5.74) is 0.504. The lowest BCUT2D eigenvalue weighted by Crippen LogP contribution is -1.96. The molecule has 3 aromatic rings. The highest BCUT2D eigenvalue weighted by Gasteiger charge is 2.14. The molecule has 5 nitrogen and oxygen atoms in total. The summed E-state index contributed by atoms with van der Waals surface area (Å²) >= 11 is 0. The first-order valence-corrected chi connectivity index (χ1v) is 5.59. The number of nitrogens with zero attached hydrogens (tertiary/aromatic N) is 2. The fraction of sp³-hybridized carbons (Fsp3) is 0. The molecule has 0 bridgehead atoms. The van der Waals surface area contributed by atoms with Crippen molar-refractivity contribution in [1.29, 1.82) is 0 Å². The van der Waals surface area contributed by atoms with E-state index in [-0.39, 0.29) is 22.6 Å². The van der Waals surface area contributed by atoms with Gasteiger partial charge in [0.1, 0.15) is 5.82 Å². The van der Waals surface area contributed by atoms with Crippen LogP contribution in [0.4, 0.5) is 8.78 Å². The van der Waals surface area contributed by atoms with Gasteiger partial charge in [0, 0.05) is 6.20 Å². The van der Waals surface area contributed by atoms with Crippen LogP contribution in [0.25, 0.3) is 22.6 Å². The highest BCUT2D eigenvalue weighted by molar-refractivity contribution is 5.91. The average molecular weight is 275 g/mol. The molecule has 0 fully saturated rings. The minimum atomic E-state index is -1.13. The third-order valence-electron chi connectivity index (χ3n) is 2.79. The van der Waals surface area contributed by atoms with Crippen LogP contribution in [0, 0.1) is 11.6 Å². The number of aromatic amines is 1. The molecule has 0 unspecified atom stereocenters. The smallest absolute Gasteiger partial charge is 0.337 e. The van der Waals surface area contributed by atoms with Crippen LogP contribution < -0.4 is 0 Å². The fourth-order valence-electron chi connectivity index (χ4n) is 1.83. The number of imidazole rings is 1. The highest BCUT2D eigenvalue weighted by Crippen LogP contribution is 2.24. The molecule has 0 atom stereocenters. The summed E-state index contributed by atoms with van der Waals surface area (Å²) in [6, 6.07) is 5.06. The molecule has 1 aromatic carbocycles. The molecule has 0 saturated carbocycles. The number of carbonyl (C=O) groups is 1. The normalized spacial score (nSPS) is 10.9. The molecule has 2 N–H and O–H groups in total. The van der Waals surface area contributed by atoms with Crippen LogP contribution >= 0.6 is 0 Å². The quantitative estimate of drug-likeness (QED) is 0.753. The summed E-state index contributed by atoms with van der Waals surface area (Å²) in [4.78, 5) is 21.4. The zero-order chi connectivity index (χ0) is 14.3. The average Bonchev–Trinajstić information content (AvgIpc) is 2.84. The van der Waals surface area contributed by atoms with Gasteiger partial charge in [0.2, 0.25) is 0 Å². The van der Waals surface area contributed by atoms with Crippen LogP contribution in [-0.2, 0) is 0 Å². The second kappa shape index (κ2) is 4.37. The van der Waals surface area contributed by atoms with Crippen molar-refractivity contribution in [2.24, 2.45) is 0 Å². The Morgan fingerprint density at radius 2 is 2.10 bits per heavy atom. The van der Waals surface area contributed by atoms with Gasteiger partial charge >= 0.3 is 5.97 Å². The van der Waals surface area contributed by atoms with E-state index in [1.807, 2.05) is 0 Å². The van der Waals surface area contributed by atoms with Crippen LogP contribution in [0.1, 0.15) is 10.4 Å². The lowest BCUT2D eigenvalue weighted by Gasteiger charge is -1.99. The number of aromatic carboxylic acids is 1. The number of benzene rings is 1. The molecular weight excluding hydrogens is 268 g/mol. The minimum absolute atomic E-state index is 0.0209. The number of carboxylic acids is 1. The van der Waals surface area contributed by atoms with Crippen LogP contribution in [0.5, 0.6) is 0 Å². The summed E-state index contributed by atoms with van der Waals surface area (Å²) in [6.07, 6.45) is 1.15. The summed E-state index contributed by atoms with van der Waals surface area (Å²) in [5, 5.41) is 8.86. The molecular formula is C13H7F2N3O2. The van der Waals surface area contributed by atoms with Crippen molar-refractivity contribution in [3.63, 3.8) is 0 Å². The lowest BCUT2D eigenvalue weighted by molar-refractivity contribution is 0.0696. The van der Waals surface area contributed by atoms with Crippen molar-refractivity contribution >= 4 is 17.1 Å². The summed E-state index contributed by atoms with van der Waals surface area (Å²) in [7, 11) is 0. The number of H-pyrrole nitrogens is 1. The molecule has 0 aliphatic carbocycles. The second-order valence-electron chi connectivity index (χ2n) is 4.09. The number of nitrogens with one attached hydrogen (secondary N) is 1. The Kier molecular flexibility index (Phi) is 2.67. The first-order chi connectivity index (χ1) is 9.56. The molecule has 0 spiro atoms. The number of rotatable bonds is 2. The van der Waals surface area contributed by atoms with Crippen LogP contribution in [-0.4, -0.2) is 26.0 Å². The third kappa shape index (κ3) is 1.89. The number of hydrogen-bond acceptors (Lipinski definition) is 3. The summed E-state index contributed by atoms with van der Waals surface area (Å²) in [6.45, 7) is 0. The molecule has 0 aliphatic heterocycles. The third-order valence-corrected chi connectivity index (χ3v) is 2.79. The fourth-order valence-corrected chi connectivity index (χ4v) is 1.83. The van der Waals surface area contributed by atoms with Crippen LogP contribution in [0.15, 0.2) is 30.5 Å². The number of aromatic nitrogens is 3. The first kappa shape index (κ1) is 12.2. The Balaban J connectivity index is 2.18. The van der Waals surface area contributed by atoms with Gasteiger partial charge in [-0.1, -0.05) is 6.07 Å². The van der Waals surface area contributed by atoms with E-state index in [9.17, 15) is 13.6 Å². The molecule has 0 radical (unpaired) electrons. The maximum absolute atomic E-state index is 13.7. The van der Waals surface area contributed by atoms with Gasteiger partial charge < -0.3 is 10.1 Å². The van der Waals surface area contributed by atoms with Gasteiger partial charge in [0.25, 0.3) is 0 Å². The molecule has 2 aromatic heterocycles. The first-order valence-electron chi connectivity index (χ1n) is 5.59. The van der Waals surface area contributed by atoms with Crippen LogP contribution in [0.2, 0.25) is 0 Å². The minimum Gasteiger partial charge on any atom is -0.478 e. The monoisotopic (exact) mass is 275 g/mol. The predicted octanol–water partition coefficient (Wildman–Crippen LogP) is 2.60. The topological polar surface area (TPSA) is 78.9 Å². The van der Waals surface area contributed by atoms with Gasteiger partial charge in [-0.15, -0.1) is 0 Å². The van der Waals surface area contributed by atoms with Gasteiger partial charge in [-0.2, -0.15) is 0 Å². The molecule has 0 aliphatic rings. The Morgan fingerprint density at radius 3 is 2.85 bits per heavy atom. The molecule has 100 valence electrons. The SMILES string of the molecule is O=C(O)c1cnc2nc(-c3cccc(F)c3F)[nH]c2c1. The van der Waals surface area contributed by atoms with E-state index in [2.05, 4.69) is 15.0 Å².